The van der Waals surface area contributed by atoms with Crippen molar-refractivity contribution in [3.05, 3.63) is 39.9 Å². The first-order chi connectivity index (χ1) is 9.78. The van der Waals surface area contributed by atoms with Gasteiger partial charge in [-0.2, -0.15) is 0 Å². The minimum atomic E-state index is -3.03. The van der Waals surface area contributed by atoms with Crippen molar-refractivity contribution < 1.29 is 18.1 Å². The number of benzene rings is 1. The van der Waals surface area contributed by atoms with E-state index in [1.54, 1.807) is 11.8 Å². The smallest absolute Gasteiger partial charge is 0.270 e. The summed E-state index contributed by atoms with van der Waals surface area (Å²) in [6, 6.07) is 5.34. The van der Waals surface area contributed by atoms with Crippen LogP contribution in [0.4, 0.5) is 5.69 Å². The Hall–Kier alpha value is -1.80. The van der Waals surface area contributed by atoms with E-state index < -0.39 is 14.8 Å². The van der Waals surface area contributed by atoms with E-state index >= 15 is 0 Å². The summed E-state index contributed by atoms with van der Waals surface area (Å²) in [6.07, 6.45) is 0. The topological polar surface area (TPSA) is 97.6 Å². The largest absolute Gasteiger partial charge is 0.293 e. The average Bonchev–Trinajstić information content (AvgIpc) is 2.41. The molecule has 1 aliphatic heterocycles. The van der Waals surface area contributed by atoms with E-state index in [0.717, 1.165) is 0 Å². The van der Waals surface area contributed by atoms with Crippen LogP contribution in [-0.4, -0.2) is 54.7 Å². The molecule has 0 bridgehead atoms. The monoisotopic (exact) mass is 312 g/mol. The second kappa shape index (κ2) is 5.90. The predicted octanol–water partition coefficient (Wildman–Crippen LogP) is 0.896. The Balaban J connectivity index is 2.08. The van der Waals surface area contributed by atoms with Gasteiger partial charge in [-0.3, -0.25) is 19.8 Å². The molecule has 0 spiro atoms. The minimum absolute atomic E-state index is 0.0369. The molecule has 1 aliphatic rings. The van der Waals surface area contributed by atoms with Crippen LogP contribution in [0.1, 0.15) is 17.3 Å². The van der Waals surface area contributed by atoms with E-state index in [9.17, 15) is 23.3 Å². The van der Waals surface area contributed by atoms with Crippen molar-refractivity contribution in [3.8, 4) is 0 Å². The van der Waals surface area contributed by atoms with Crippen molar-refractivity contribution in [2.75, 3.05) is 24.6 Å². The Kier molecular flexibility index (Phi) is 4.38. The van der Waals surface area contributed by atoms with Gasteiger partial charge < -0.3 is 0 Å². The van der Waals surface area contributed by atoms with Gasteiger partial charge >= 0.3 is 0 Å². The van der Waals surface area contributed by atoms with E-state index in [2.05, 4.69) is 0 Å². The van der Waals surface area contributed by atoms with E-state index in [-0.39, 0.29) is 41.1 Å². The summed E-state index contributed by atoms with van der Waals surface area (Å²) in [5.41, 5.74) is 0.139. The molecule has 21 heavy (non-hydrogen) atoms. The molecule has 1 unspecified atom stereocenters. The van der Waals surface area contributed by atoms with E-state index in [1.807, 2.05) is 0 Å². The highest BCUT2D eigenvalue weighted by Gasteiger charge is 2.29. The first-order valence-electron chi connectivity index (χ1n) is 6.50. The Morgan fingerprint density at radius 2 is 2.19 bits per heavy atom. The number of nitrogens with zero attached hydrogens (tertiary/aromatic N) is 2. The van der Waals surface area contributed by atoms with Crippen molar-refractivity contribution in [2.45, 2.75) is 13.0 Å². The molecule has 7 nitrogen and oxygen atoms in total. The minimum Gasteiger partial charge on any atom is -0.293 e. The fourth-order valence-corrected chi connectivity index (χ4v) is 3.96. The van der Waals surface area contributed by atoms with Gasteiger partial charge in [0.1, 0.15) is 0 Å². The molecule has 1 aromatic carbocycles. The Bertz CT molecular complexity index is 671. The molecule has 1 aromatic rings. The van der Waals surface area contributed by atoms with Crippen LogP contribution in [0.5, 0.6) is 0 Å². The summed E-state index contributed by atoms with van der Waals surface area (Å²) in [5, 5.41) is 10.7. The number of rotatable bonds is 4. The van der Waals surface area contributed by atoms with Gasteiger partial charge in [-0.15, -0.1) is 0 Å². The quantitative estimate of drug-likeness (QED) is 0.465. The zero-order chi connectivity index (χ0) is 15.6. The Labute approximate surface area is 122 Å². The van der Waals surface area contributed by atoms with Crippen LogP contribution in [0.3, 0.4) is 0 Å². The summed E-state index contributed by atoms with van der Waals surface area (Å²) in [5.74, 6) is -0.167. The van der Waals surface area contributed by atoms with Gasteiger partial charge in [0.15, 0.2) is 15.6 Å². The van der Waals surface area contributed by atoms with Crippen molar-refractivity contribution in [1.82, 2.24) is 4.90 Å². The number of non-ortho nitro benzene ring substituents is 1. The normalized spacial score (nSPS) is 21.9. The standard InChI is InChI=1S/C13H16N2O5S/c1-10-9-21(19,20)6-5-14(10)8-13(16)11-3-2-4-12(7-11)15(17)18/h2-4,7,10H,5-6,8-9H2,1H3. The molecule has 1 fully saturated rings. The first-order valence-corrected chi connectivity index (χ1v) is 8.33. The van der Waals surface area contributed by atoms with Crippen molar-refractivity contribution >= 4 is 21.3 Å². The molecule has 1 heterocycles. The third-order valence-electron chi connectivity index (χ3n) is 3.53. The fourth-order valence-electron chi connectivity index (χ4n) is 2.34. The van der Waals surface area contributed by atoms with Crippen LogP contribution in [0.2, 0.25) is 0 Å². The van der Waals surface area contributed by atoms with Crippen LogP contribution in [0.25, 0.3) is 0 Å². The molecule has 114 valence electrons. The number of carbonyl (C=O) groups is 1. The number of nitro groups is 1. The summed E-state index contributed by atoms with van der Waals surface area (Å²) in [7, 11) is -3.03. The fraction of sp³-hybridized carbons (Fsp3) is 0.462. The van der Waals surface area contributed by atoms with Gasteiger partial charge in [0.2, 0.25) is 0 Å². The van der Waals surface area contributed by atoms with Gasteiger partial charge in [-0.25, -0.2) is 8.42 Å². The maximum absolute atomic E-state index is 12.2. The zero-order valence-electron chi connectivity index (χ0n) is 11.6. The van der Waals surface area contributed by atoms with Crippen LogP contribution in [-0.2, 0) is 9.84 Å². The van der Waals surface area contributed by atoms with Gasteiger partial charge in [-0.05, 0) is 6.92 Å². The highest BCUT2D eigenvalue weighted by molar-refractivity contribution is 7.91. The van der Waals surface area contributed by atoms with Gasteiger partial charge in [0, 0.05) is 30.3 Å². The summed E-state index contributed by atoms with van der Waals surface area (Å²) in [4.78, 5) is 24.1. The molecule has 0 aromatic heterocycles. The number of sulfone groups is 1. The van der Waals surface area contributed by atoms with Crippen molar-refractivity contribution in [3.63, 3.8) is 0 Å². The summed E-state index contributed by atoms with van der Waals surface area (Å²) < 4.78 is 23.0. The summed E-state index contributed by atoms with van der Waals surface area (Å²) in [6.45, 7) is 2.14. The third kappa shape index (κ3) is 3.85. The highest BCUT2D eigenvalue weighted by Crippen LogP contribution is 2.16. The number of nitro benzene ring substituents is 1. The van der Waals surface area contributed by atoms with Crippen molar-refractivity contribution in [2.24, 2.45) is 0 Å². The number of hydrogen-bond acceptors (Lipinski definition) is 6. The lowest BCUT2D eigenvalue weighted by atomic mass is 10.1. The van der Waals surface area contributed by atoms with Crippen molar-refractivity contribution in [1.29, 1.82) is 0 Å². The first kappa shape index (κ1) is 15.6. The lowest BCUT2D eigenvalue weighted by Crippen LogP contribution is -2.48. The van der Waals surface area contributed by atoms with Crippen LogP contribution in [0, 0.1) is 10.1 Å². The van der Waals surface area contributed by atoms with E-state index in [4.69, 9.17) is 0 Å². The lowest BCUT2D eigenvalue weighted by molar-refractivity contribution is -0.384. The van der Waals surface area contributed by atoms with Gasteiger partial charge in [0.25, 0.3) is 5.69 Å². The maximum atomic E-state index is 12.2. The second-order valence-corrected chi connectivity index (χ2v) is 7.39. The average molecular weight is 312 g/mol. The number of ketones is 1. The molecule has 0 saturated carbocycles. The number of carbonyl (C=O) groups excluding carboxylic acids is 1. The van der Waals surface area contributed by atoms with Crippen LogP contribution >= 0.6 is 0 Å². The maximum Gasteiger partial charge on any atom is 0.270 e. The molecule has 1 atom stereocenters. The number of hydrogen-bond donors (Lipinski definition) is 0. The Morgan fingerprint density at radius 1 is 1.48 bits per heavy atom. The number of Topliss-reactive ketones (excluding diaryl/α,β-unsaturated/α-hetero) is 1. The molecule has 2 rings (SSSR count). The third-order valence-corrected chi connectivity index (χ3v) is 5.33. The molecule has 0 amide bonds. The highest BCUT2D eigenvalue weighted by atomic mass is 32.2. The molecule has 0 radical (unpaired) electrons. The van der Waals surface area contributed by atoms with E-state index in [0.29, 0.717) is 6.54 Å². The second-order valence-electron chi connectivity index (χ2n) is 5.16. The van der Waals surface area contributed by atoms with Gasteiger partial charge in [0.05, 0.1) is 23.0 Å². The van der Waals surface area contributed by atoms with Gasteiger partial charge in [-0.1, -0.05) is 12.1 Å². The molecular weight excluding hydrogens is 296 g/mol. The molecule has 1 saturated heterocycles. The molecule has 0 N–H and O–H groups in total. The lowest BCUT2D eigenvalue weighted by Gasteiger charge is -2.32. The molecule has 0 aliphatic carbocycles. The SMILES string of the molecule is CC1CS(=O)(=O)CCN1CC(=O)c1cccc([N+](=O)[O-])c1. The predicted molar refractivity (Wildman–Crippen MR) is 77.1 cm³/mol. The molecular formula is C13H16N2O5S. The summed E-state index contributed by atoms with van der Waals surface area (Å²) >= 11 is 0. The molecule has 8 heteroatoms. The van der Waals surface area contributed by atoms with Crippen LogP contribution in [0.15, 0.2) is 24.3 Å². The zero-order valence-corrected chi connectivity index (χ0v) is 12.4. The van der Waals surface area contributed by atoms with E-state index in [1.165, 1.54) is 24.3 Å². The van der Waals surface area contributed by atoms with Crippen LogP contribution < -0.4 is 0 Å². The Morgan fingerprint density at radius 3 is 2.81 bits per heavy atom.